The number of aromatic amines is 1. The van der Waals surface area contributed by atoms with E-state index < -0.39 is 61.9 Å². The molecule has 1 aromatic heterocycles. The van der Waals surface area contributed by atoms with Crippen molar-refractivity contribution in [1.29, 1.82) is 0 Å². The van der Waals surface area contributed by atoms with Gasteiger partial charge in [-0.2, -0.15) is 5.09 Å². The number of aliphatic hydroxyl groups excluding tert-OH is 1. The summed E-state index contributed by atoms with van der Waals surface area (Å²) in [5.74, 6) is -1.26. The molecule has 202 valence electrons. The Morgan fingerprint density at radius 2 is 2.11 bits per heavy atom. The fourth-order valence-corrected chi connectivity index (χ4v) is 5.18. The second-order valence-corrected chi connectivity index (χ2v) is 10.1. The molecule has 12 nitrogen and oxygen atoms in total. The van der Waals surface area contributed by atoms with E-state index in [1.165, 1.54) is 36.3 Å². The van der Waals surface area contributed by atoms with E-state index in [9.17, 15) is 28.4 Å². The SMILES string of the molecule is CCOC(=O)[C@H](C)NP(=O)(OC[C@H]1O[C@@H](n2cc(/C=C/Br)c(=O)[nH]c2=O)CC1O)Oc1ccc(F)cc1. The molecule has 3 N–H and O–H groups in total. The number of carbonyl (C=O) groups excluding carboxylic acids is 1. The van der Waals surface area contributed by atoms with E-state index in [0.717, 1.165) is 16.7 Å². The quantitative estimate of drug-likeness (QED) is 0.256. The molecule has 1 saturated heterocycles. The highest BCUT2D eigenvalue weighted by molar-refractivity contribution is 9.11. The van der Waals surface area contributed by atoms with Crippen molar-refractivity contribution in [2.45, 2.75) is 44.7 Å². The summed E-state index contributed by atoms with van der Waals surface area (Å²) in [6, 6.07) is 3.52. The maximum Gasteiger partial charge on any atom is 0.459 e. The van der Waals surface area contributed by atoms with Gasteiger partial charge >= 0.3 is 19.4 Å². The fourth-order valence-electron chi connectivity index (χ4n) is 3.39. The molecule has 1 fully saturated rings. The van der Waals surface area contributed by atoms with Crippen LogP contribution in [-0.4, -0.2) is 52.1 Å². The standard InChI is InChI=1S/C22H26BrFN3O9P/c1-3-33-21(30)13(2)26-37(32,36-16-6-4-15(24)5-7-16)34-12-18-17(28)10-19(35-18)27-11-14(8-9-23)20(29)25-22(27)31/h4-9,11,13,17-19,28H,3,10,12H2,1-2H3,(H,26,32)(H,25,29,31)/b9-8+/t13-,17?,18+,19+,37?/m0/s1. The highest BCUT2D eigenvalue weighted by Gasteiger charge is 2.39. The third-order valence-electron chi connectivity index (χ3n) is 5.19. The van der Waals surface area contributed by atoms with Crippen molar-refractivity contribution in [2.24, 2.45) is 0 Å². The molecule has 15 heteroatoms. The monoisotopic (exact) mass is 605 g/mol. The molecule has 1 aromatic carbocycles. The van der Waals surface area contributed by atoms with E-state index in [1.807, 2.05) is 0 Å². The average Bonchev–Trinajstić information content (AvgIpc) is 3.21. The van der Waals surface area contributed by atoms with Crippen molar-refractivity contribution in [3.8, 4) is 5.75 Å². The van der Waals surface area contributed by atoms with E-state index in [1.54, 1.807) is 6.92 Å². The Hall–Kier alpha value is -2.61. The van der Waals surface area contributed by atoms with Gasteiger partial charge in [0.05, 0.1) is 24.9 Å². The average molecular weight is 606 g/mol. The van der Waals surface area contributed by atoms with Gasteiger partial charge in [0, 0.05) is 12.6 Å². The van der Waals surface area contributed by atoms with Gasteiger partial charge in [-0.05, 0) is 49.2 Å². The molecule has 0 amide bonds. The topological polar surface area (TPSA) is 158 Å². The second kappa shape index (κ2) is 12.8. The van der Waals surface area contributed by atoms with Gasteiger partial charge in [0.1, 0.15) is 29.9 Å². The van der Waals surface area contributed by atoms with E-state index in [0.29, 0.717) is 0 Å². The first kappa shape index (κ1) is 29.0. The van der Waals surface area contributed by atoms with Gasteiger partial charge in [0.15, 0.2) is 0 Å². The smallest absolute Gasteiger partial charge is 0.459 e. The molecule has 37 heavy (non-hydrogen) atoms. The first-order valence-electron chi connectivity index (χ1n) is 11.1. The summed E-state index contributed by atoms with van der Waals surface area (Å²) in [6.45, 7) is 2.62. The third-order valence-corrected chi connectivity index (χ3v) is 7.10. The summed E-state index contributed by atoms with van der Waals surface area (Å²) < 4.78 is 49.5. The highest BCUT2D eigenvalue weighted by atomic mass is 79.9. The molecule has 1 aliphatic heterocycles. The minimum absolute atomic E-state index is 0.00812. The van der Waals surface area contributed by atoms with Crippen molar-refractivity contribution in [2.75, 3.05) is 13.2 Å². The van der Waals surface area contributed by atoms with Gasteiger partial charge < -0.3 is 19.1 Å². The van der Waals surface area contributed by atoms with Gasteiger partial charge in [-0.15, -0.1) is 0 Å². The van der Waals surface area contributed by atoms with Crippen LogP contribution in [0.25, 0.3) is 6.08 Å². The molecule has 0 saturated carbocycles. The van der Waals surface area contributed by atoms with Gasteiger partial charge in [-0.3, -0.25) is 23.7 Å². The number of aliphatic hydroxyl groups is 1. The molecule has 0 spiro atoms. The number of hydrogen-bond acceptors (Lipinski definition) is 9. The zero-order chi connectivity index (χ0) is 27.2. The Labute approximate surface area is 219 Å². The maximum absolute atomic E-state index is 13.5. The number of rotatable bonds is 11. The number of aromatic nitrogens is 2. The van der Waals surface area contributed by atoms with Crippen molar-refractivity contribution in [3.05, 3.63) is 67.7 Å². The summed E-state index contributed by atoms with van der Waals surface area (Å²) >= 11 is 3.07. The van der Waals surface area contributed by atoms with E-state index in [-0.39, 0.29) is 24.3 Å². The zero-order valence-electron chi connectivity index (χ0n) is 19.8. The minimum atomic E-state index is -4.29. The number of benzene rings is 1. The van der Waals surface area contributed by atoms with Crippen LogP contribution in [-0.2, 0) is 23.4 Å². The molecule has 5 atom stereocenters. The molecule has 0 radical (unpaired) electrons. The number of nitrogens with one attached hydrogen (secondary N) is 2. The first-order chi connectivity index (χ1) is 17.5. The van der Waals surface area contributed by atoms with Crippen LogP contribution < -0.4 is 20.9 Å². The van der Waals surface area contributed by atoms with Crippen LogP contribution >= 0.6 is 23.7 Å². The predicted octanol–water partition coefficient (Wildman–Crippen LogP) is 2.43. The van der Waals surface area contributed by atoms with Crippen LogP contribution in [0.1, 0.15) is 32.1 Å². The molecule has 0 bridgehead atoms. The van der Waals surface area contributed by atoms with E-state index >= 15 is 0 Å². The van der Waals surface area contributed by atoms with E-state index in [2.05, 4.69) is 26.0 Å². The lowest BCUT2D eigenvalue weighted by Gasteiger charge is -2.24. The zero-order valence-corrected chi connectivity index (χ0v) is 22.3. The molecule has 2 aromatic rings. The minimum Gasteiger partial charge on any atom is -0.465 e. The summed E-state index contributed by atoms with van der Waals surface area (Å²) in [5.41, 5.74) is -1.18. The molecular weight excluding hydrogens is 580 g/mol. The summed E-state index contributed by atoms with van der Waals surface area (Å²) in [7, 11) is -4.29. The molecule has 2 heterocycles. The van der Waals surface area contributed by atoms with Gasteiger partial charge in [0.25, 0.3) is 5.56 Å². The molecule has 2 unspecified atom stereocenters. The van der Waals surface area contributed by atoms with Crippen LogP contribution in [0.4, 0.5) is 4.39 Å². The number of nitrogens with zero attached hydrogens (tertiary/aromatic N) is 1. The Bertz CT molecular complexity index is 1280. The Morgan fingerprint density at radius 1 is 1.41 bits per heavy atom. The maximum atomic E-state index is 13.5. The largest absolute Gasteiger partial charge is 0.465 e. The van der Waals surface area contributed by atoms with Gasteiger partial charge in [-0.1, -0.05) is 15.9 Å². The lowest BCUT2D eigenvalue weighted by atomic mass is 10.2. The number of esters is 1. The number of H-pyrrole nitrogens is 1. The summed E-state index contributed by atoms with van der Waals surface area (Å²) in [6.07, 6.45) is -0.471. The normalized spacial score (nSPS) is 22.0. The highest BCUT2D eigenvalue weighted by Crippen LogP contribution is 2.46. The molecule has 0 aliphatic carbocycles. The lowest BCUT2D eigenvalue weighted by molar-refractivity contribution is -0.144. The Balaban J connectivity index is 1.76. The predicted molar refractivity (Wildman–Crippen MR) is 134 cm³/mol. The lowest BCUT2D eigenvalue weighted by Crippen LogP contribution is -2.36. The molecular formula is C22H26BrFN3O9P. The van der Waals surface area contributed by atoms with Crippen molar-refractivity contribution >= 4 is 35.7 Å². The third kappa shape index (κ3) is 7.69. The second-order valence-electron chi connectivity index (χ2n) is 7.92. The van der Waals surface area contributed by atoms with Crippen LogP contribution in [0.5, 0.6) is 5.75 Å². The first-order valence-corrected chi connectivity index (χ1v) is 13.6. The van der Waals surface area contributed by atoms with Crippen molar-refractivity contribution in [1.82, 2.24) is 14.6 Å². The molecule has 3 rings (SSSR count). The van der Waals surface area contributed by atoms with Crippen LogP contribution in [0.2, 0.25) is 0 Å². The van der Waals surface area contributed by atoms with E-state index in [4.69, 9.17) is 18.5 Å². The Kier molecular flexibility index (Phi) is 9.99. The number of ether oxygens (including phenoxy) is 2. The van der Waals surface area contributed by atoms with Crippen LogP contribution in [0, 0.1) is 5.82 Å². The summed E-state index contributed by atoms with van der Waals surface area (Å²) in [4.78, 5) is 39.9. The van der Waals surface area contributed by atoms with Crippen LogP contribution in [0.15, 0.2) is 45.0 Å². The number of halogens is 2. The van der Waals surface area contributed by atoms with Crippen molar-refractivity contribution < 1.29 is 37.4 Å². The fraction of sp³-hybridized carbons (Fsp3) is 0.409. The Morgan fingerprint density at radius 3 is 2.76 bits per heavy atom. The number of carbonyl (C=O) groups is 1. The van der Waals surface area contributed by atoms with Gasteiger partial charge in [-0.25, -0.2) is 13.8 Å². The molecule has 1 aliphatic rings. The van der Waals surface area contributed by atoms with Gasteiger partial charge in [0.2, 0.25) is 0 Å². The summed E-state index contributed by atoms with van der Waals surface area (Å²) in [5, 5.41) is 13.0. The number of hydrogen-bond donors (Lipinski definition) is 3. The van der Waals surface area contributed by atoms with Crippen molar-refractivity contribution in [3.63, 3.8) is 0 Å². The van der Waals surface area contributed by atoms with Crippen LogP contribution in [0.3, 0.4) is 0 Å².